The summed E-state index contributed by atoms with van der Waals surface area (Å²) in [5.41, 5.74) is 2.64. The Bertz CT molecular complexity index is 1040. The largest absolute Gasteiger partial charge is 0.497 e. The normalized spacial score (nSPS) is 10.2. The van der Waals surface area contributed by atoms with Gasteiger partial charge in [-0.05, 0) is 42.5 Å². The van der Waals surface area contributed by atoms with Crippen LogP contribution in [-0.4, -0.2) is 37.1 Å². The van der Waals surface area contributed by atoms with Crippen molar-refractivity contribution < 1.29 is 14.3 Å². The summed E-state index contributed by atoms with van der Waals surface area (Å²) < 4.78 is 11.1. The standard InChI is InChI=1S/C20H20N4O4/c1-21-18-12-17(13-5-4-6-16(11-13)27-2)23-24(19(18)25)15-9-7-14(8-10-15)22-20(26)28-3/h4-12,21H,1-3H3,(H,22,26). The molecular weight excluding hydrogens is 360 g/mol. The number of nitrogens with one attached hydrogen (secondary N) is 2. The Morgan fingerprint density at radius 3 is 2.46 bits per heavy atom. The molecule has 144 valence electrons. The quantitative estimate of drug-likeness (QED) is 0.706. The van der Waals surface area contributed by atoms with Gasteiger partial charge in [-0.15, -0.1) is 0 Å². The summed E-state index contributed by atoms with van der Waals surface area (Å²) in [4.78, 5) is 24.0. The molecule has 0 unspecified atom stereocenters. The van der Waals surface area contributed by atoms with Gasteiger partial charge in [-0.3, -0.25) is 10.1 Å². The molecule has 1 aromatic heterocycles. The van der Waals surface area contributed by atoms with Crippen LogP contribution >= 0.6 is 0 Å². The maximum Gasteiger partial charge on any atom is 0.411 e. The number of hydrogen-bond acceptors (Lipinski definition) is 6. The van der Waals surface area contributed by atoms with Crippen LogP contribution in [-0.2, 0) is 4.74 Å². The zero-order valence-corrected chi connectivity index (χ0v) is 15.7. The highest BCUT2D eigenvalue weighted by atomic mass is 16.5. The van der Waals surface area contributed by atoms with Crippen molar-refractivity contribution in [1.82, 2.24) is 9.78 Å². The molecule has 0 spiro atoms. The van der Waals surface area contributed by atoms with Gasteiger partial charge in [0.1, 0.15) is 11.4 Å². The summed E-state index contributed by atoms with van der Waals surface area (Å²) in [6, 6.07) is 15.8. The van der Waals surface area contributed by atoms with Gasteiger partial charge in [-0.1, -0.05) is 12.1 Å². The maximum absolute atomic E-state index is 12.7. The first kappa shape index (κ1) is 19.0. The molecule has 2 aromatic carbocycles. The third-order valence-corrected chi connectivity index (χ3v) is 4.09. The molecule has 0 bridgehead atoms. The van der Waals surface area contributed by atoms with E-state index in [1.54, 1.807) is 44.5 Å². The molecule has 0 saturated heterocycles. The van der Waals surface area contributed by atoms with E-state index in [9.17, 15) is 9.59 Å². The zero-order chi connectivity index (χ0) is 20.1. The van der Waals surface area contributed by atoms with E-state index >= 15 is 0 Å². The van der Waals surface area contributed by atoms with E-state index in [0.29, 0.717) is 28.5 Å². The number of carbonyl (C=O) groups excluding carboxylic acids is 1. The Morgan fingerprint density at radius 1 is 1.07 bits per heavy atom. The number of ether oxygens (including phenoxy) is 2. The second kappa shape index (κ2) is 8.26. The number of carbonyl (C=O) groups is 1. The van der Waals surface area contributed by atoms with E-state index in [0.717, 1.165) is 5.56 Å². The second-order valence-electron chi connectivity index (χ2n) is 5.81. The summed E-state index contributed by atoms with van der Waals surface area (Å²) >= 11 is 0. The van der Waals surface area contributed by atoms with E-state index in [1.807, 2.05) is 24.3 Å². The number of hydrogen-bond donors (Lipinski definition) is 2. The van der Waals surface area contributed by atoms with E-state index < -0.39 is 6.09 Å². The average Bonchev–Trinajstić information content (AvgIpc) is 2.74. The smallest absolute Gasteiger partial charge is 0.411 e. The molecule has 0 fully saturated rings. The fourth-order valence-electron chi connectivity index (χ4n) is 2.63. The van der Waals surface area contributed by atoms with Crippen LogP contribution in [0.3, 0.4) is 0 Å². The van der Waals surface area contributed by atoms with Crippen LogP contribution in [0.2, 0.25) is 0 Å². The Hall–Kier alpha value is -3.81. The number of amides is 1. The van der Waals surface area contributed by atoms with Crippen LogP contribution in [0, 0.1) is 0 Å². The second-order valence-corrected chi connectivity index (χ2v) is 5.81. The van der Waals surface area contributed by atoms with Crippen LogP contribution in [0.5, 0.6) is 5.75 Å². The molecule has 0 aliphatic carbocycles. The van der Waals surface area contributed by atoms with Gasteiger partial charge >= 0.3 is 6.09 Å². The molecule has 0 radical (unpaired) electrons. The number of anilines is 2. The van der Waals surface area contributed by atoms with Gasteiger partial charge in [0.15, 0.2) is 0 Å². The molecule has 0 atom stereocenters. The molecule has 0 aliphatic heterocycles. The molecule has 8 heteroatoms. The molecule has 0 aliphatic rings. The average molecular weight is 380 g/mol. The van der Waals surface area contributed by atoms with Crippen molar-refractivity contribution in [2.45, 2.75) is 0 Å². The Balaban J connectivity index is 2.05. The lowest BCUT2D eigenvalue weighted by molar-refractivity contribution is 0.187. The molecule has 8 nitrogen and oxygen atoms in total. The highest BCUT2D eigenvalue weighted by Gasteiger charge is 2.12. The van der Waals surface area contributed by atoms with Gasteiger partial charge in [-0.25, -0.2) is 4.79 Å². The van der Waals surface area contributed by atoms with Crippen molar-refractivity contribution in [3.8, 4) is 22.7 Å². The molecule has 2 N–H and O–H groups in total. The Labute approximate surface area is 161 Å². The Kier molecular flexibility index (Phi) is 5.59. The number of aromatic nitrogens is 2. The molecule has 3 aromatic rings. The predicted octanol–water partition coefficient (Wildman–Crippen LogP) is 3.13. The van der Waals surface area contributed by atoms with E-state index in [1.165, 1.54) is 11.8 Å². The predicted molar refractivity (Wildman–Crippen MR) is 107 cm³/mol. The summed E-state index contributed by atoms with van der Waals surface area (Å²) in [6.45, 7) is 0. The number of benzene rings is 2. The lowest BCUT2D eigenvalue weighted by Gasteiger charge is -2.12. The molecule has 0 saturated carbocycles. The number of rotatable bonds is 5. The van der Waals surface area contributed by atoms with Gasteiger partial charge in [0.25, 0.3) is 5.56 Å². The fourth-order valence-corrected chi connectivity index (χ4v) is 2.63. The highest BCUT2D eigenvalue weighted by molar-refractivity contribution is 5.84. The zero-order valence-electron chi connectivity index (χ0n) is 15.7. The van der Waals surface area contributed by atoms with Crippen LogP contribution in [0.25, 0.3) is 16.9 Å². The number of nitrogens with zero attached hydrogens (tertiary/aromatic N) is 2. The first-order chi connectivity index (χ1) is 13.5. The highest BCUT2D eigenvalue weighted by Crippen LogP contribution is 2.23. The monoisotopic (exact) mass is 380 g/mol. The van der Waals surface area contributed by atoms with Crippen molar-refractivity contribution in [3.05, 3.63) is 65.0 Å². The summed E-state index contributed by atoms with van der Waals surface area (Å²) in [7, 11) is 4.56. The van der Waals surface area contributed by atoms with Gasteiger partial charge in [0.05, 0.1) is 25.6 Å². The van der Waals surface area contributed by atoms with Crippen molar-refractivity contribution in [3.63, 3.8) is 0 Å². The van der Waals surface area contributed by atoms with Crippen molar-refractivity contribution >= 4 is 17.5 Å². The third-order valence-electron chi connectivity index (χ3n) is 4.09. The molecule has 28 heavy (non-hydrogen) atoms. The van der Waals surface area contributed by atoms with Crippen LogP contribution < -0.4 is 20.9 Å². The minimum atomic E-state index is -0.569. The van der Waals surface area contributed by atoms with E-state index in [2.05, 4.69) is 20.5 Å². The molecular formula is C20H20N4O4. The minimum absolute atomic E-state index is 0.289. The lowest BCUT2D eigenvalue weighted by atomic mass is 10.1. The molecule has 1 amide bonds. The lowest BCUT2D eigenvalue weighted by Crippen LogP contribution is -2.24. The van der Waals surface area contributed by atoms with Crippen molar-refractivity contribution in [2.24, 2.45) is 0 Å². The molecule has 1 heterocycles. The summed E-state index contributed by atoms with van der Waals surface area (Å²) in [5, 5.41) is 9.97. The first-order valence-electron chi connectivity index (χ1n) is 8.47. The third kappa shape index (κ3) is 3.96. The van der Waals surface area contributed by atoms with Gasteiger partial charge < -0.3 is 14.8 Å². The van der Waals surface area contributed by atoms with Crippen LogP contribution in [0.1, 0.15) is 0 Å². The van der Waals surface area contributed by atoms with Crippen LogP contribution in [0.4, 0.5) is 16.2 Å². The fraction of sp³-hybridized carbons (Fsp3) is 0.150. The van der Waals surface area contributed by atoms with Gasteiger partial charge in [0, 0.05) is 18.3 Å². The number of methoxy groups -OCH3 is 2. The van der Waals surface area contributed by atoms with E-state index in [-0.39, 0.29) is 5.56 Å². The van der Waals surface area contributed by atoms with Gasteiger partial charge in [0.2, 0.25) is 0 Å². The SMILES string of the molecule is CNc1cc(-c2cccc(OC)c2)nn(-c2ccc(NC(=O)OC)cc2)c1=O. The topological polar surface area (TPSA) is 94.5 Å². The Morgan fingerprint density at radius 2 is 1.82 bits per heavy atom. The van der Waals surface area contributed by atoms with E-state index in [4.69, 9.17) is 4.74 Å². The summed E-state index contributed by atoms with van der Waals surface area (Å²) in [5.74, 6) is 0.696. The maximum atomic E-state index is 12.7. The first-order valence-corrected chi connectivity index (χ1v) is 8.47. The van der Waals surface area contributed by atoms with Crippen molar-refractivity contribution in [2.75, 3.05) is 31.9 Å². The van der Waals surface area contributed by atoms with Crippen LogP contribution in [0.15, 0.2) is 59.4 Å². The minimum Gasteiger partial charge on any atom is -0.497 e. The van der Waals surface area contributed by atoms with Crippen molar-refractivity contribution in [1.29, 1.82) is 0 Å². The van der Waals surface area contributed by atoms with Gasteiger partial charge in [-0.2, -0.15) is 9.78 Å². The summed E-state index contributed by atoms with van der Waals surface area (Å²) in [6.07, 6.45) is -0.569. The molecule has 3 rings (SSSR count).